The first kappa shape index (κ1) is 21.0. The minimum Gasteiger partial charge on any atom is -1.00 e. The summed E-state index contributed by atoms with van der Waals surface area (Å²) in [5.41, 5.74) is 3.24. The van der Waals surface area contributed by atoms with E-state index in [-0.39, 0.29) is 30.8 Å². The molecular formula is C20H23ClN4O4. The molecule has 8 nitrogen and oxygen atoms in total. The van der Waals surface area contributed by atoms with Gasteiger partial charge in [0.2, 0.25) is 5.84 Å². The molecule has 0 aliphatic carbocycles. The highest BCUT2D eigenvalue weighted by atomic mass is 35.5. The van der Waals surface area contributed by atoms with Gasteiger partial charge in [0.05, 0.1) is 5.69 Å². The average Bonchev–Trinajstić information content (AvgIpc) is 3.23. The number of quaternary nitrogens is 1. The monoisotopic (exact) mass is 418 g/mol. The van der Waals surface area contributed by atoms with Gasteiger partial charge in [-0.15, -0.1) is 5.06 Å². The number of imide groups is 1. The molecule has 1 aromatic rings. The third kappa shape index (κ3) is 3.42. The highest BCUT2D eigenvalue weighted by Gasteiger charge is 2.45. The number of nitrogens with zero attached hydrogens (tertiary/aromatic N) is 4. The number of aryl methyl sites for hydroxylation is 1. The van der Waals surface area contributed by atoms with Crippen LogP contribution in [-0.2, 0) is 19.2 Å². The molecule has 0 saturated carbocycles. The topological polar surface area (TPSA) is 79.3 Å². The van der Waals surface area contributed by atoms with E-state index in [1.54, 1.807) is 6.08 Å². The van der Waals surface area contributed by atoms with Crippen LogP contribution in [0.5, 0.6) is 0 Å². The second-order valence-electron chi connectivity index (χ2n) is 7.30. The van der Waals surface area contributed by atoms with E-state index in [9.17, 15) is 14.4 Å². The van der Waals surface area contributed by atoms with Crippen LogP contribution in [0.15, 0.2) is 28.9 Å². The average molecular weight is 419 g/mol. The van der Waals surface area contributed by atoms with Gasteiger partial charge in [-0.2, -0.15) is 4.59 Å². The molecule has 4 rings (SSSR count). The number of rotatable bonds is 4. The lowest BCUT2D eigenvalue weighted by Crippen LogP contribution is -3.00. The van der Waals surface area contributed by atoms with Crippen LogP contribution in [0.3, 0.4) is 0 Å². The van der Waals surface area contributed by atoms with Crippen LogP contribution in [0.1, 0.15) is 37.8 Å². The molecule has 1 fully saturated rings. The Balaban J connectivity index is 0.00000240. The maximum Gasteiger partial charge on any atom is 0.367 e. The fourth-order valence-corrected chi connectivity index (χ4v) is 3.74. The third-order valence-electron chi connectivity index (χ3n) is 5.56. The maximum atomic E-state index is 12.9. The van der Waals surface area contributed by atoms with Gasteiger partial charge in [0.15, 0.2) is 6.67 Å². The van der Waals surface area contributed by atoms with Crippen molar-refractivity contribution >= 4 is 35.4 Å². The molecule has 2 amide bonds. The number of carbonyl (C=O) groups is 3. The Kier molecular flexibility index (Phi) is 5.51. The van der Waals surface area contributed by atoms with E-state index in [1.165, 1.54) is 0 Å². The summed E-state index contributed by atoms with van der Waals surface area (Å²) in [5.74, 6) is -1.22. The SMILES string of the molecule is CC[N+]1(CC)CN2C(=N1)C(C(=O)ON1C(=O)CCC1=O)=Cc1ccc(C)cc12.[Cl-]. The number of amidine groups is 1. The van der Waals surface area contributed by atoms with Gasteiger partial charge < -0.3 is 17.2 Å². The Morgan fingerprint density at radius 1 is 1.17 bits per heavy atom. The summed E-state index contributed by atoms with van der Waals surface area (Å²) >= 11 is 0. The number of benzene rings is 1. The normalized spacial score (nSPS) is 19.3. The Morgan fingerprint density at radius 3 is 2.45 bits per heavy atom. The molecule has 0 N–H and O–H groups in total. The molecule has 154 valence electrons. The Bertz CT molecular complexity index is 936. The van der Waals surface area contributed by atoms with Gasteiger partial charge in [-0.05, 0) is 44.0 Å². The standard InChI is InChI=1S/C20H23N4O4.ClH/c1-4-24(5-2)12-22-16-10-13(3)6-7-14(16)11-15(19(22)21-24)20(27)28-23-17(25)8-9-18(23)26;/h6-7,10-11H,4-5,8-9,12H2,1-3H3;1H/q+1;/p-1. The largest absolute Gasteiger partial charge is 1.00 e. The van der Waals surface area contributed by atoms with E-state index >= 15 is 0 Å². The van der Waals surface area contributed by atoms with Crippen LogP contribution in [0.25, 0.3) is 6.08 Å². The maximum absolute atomic E-state index is 12.9. The molecule has 0 aromatic heterocycles. The second-order valence-corrected chi connectivity index (χ2v) is 7.30. The minimum atomic E-state index is -0.745. The van der Waals surface area contributed by atoms with Crippen molar-refractivity contribution in [3.8, 4) is 0 Å². The second kappa shape index (κ2) is 7.61. The fourth-order valence-electron chi connectivity index (χ4n) is 3.74. The third-order valence-corrected chi connectivity index (χ3v) is 5.56. The molecule has 1 aromatic carbocycles. The van der Waals surface area contributed by atoms with Crippen molar-refractivity contribution in [1.29, 1.82) is 0 Å². The van der Waals surface area contributed by atoms with E-state index in [4.69, 9.17) is 9.94 Å². The summed E-state index contributed by atoms with van der Waals surface area (Å²) < 4.78 is 0.467. The van der Waals surface area contributed by atoms with Gasteiger partial charge >= 0.3 is 5.97 Å². The van der Waals surface area contributed by atoms with E-state index in [0.29, 0.717) is 22.2 Å². The van der Waals surface area contributed by atoms with Crippen molar-refractivity contribution in [2.75, 3.05) is 24.7 Å². The lowest BCUT2D eigenvalue weighted by molar-refractivity contribution is -0.925. The number of halogens is 1. The van der Waals surface area contributed by atoms with Crippen LogP contribution in [0, 0.1) is 6.92 Å². The van der Waals surface area contributed by atoms with Crippen molar-refractivity contribution in [1.82, 2.24) is 5.06 Å². The zero-order valence-electron chi connectivity index (χ0n) is 16.6. The Morgan fingerprint density at radius 2 is 1.83 bits per heavy atom. The van der Waals surface area contributed by atoms with Crippen molar-refractivity contribution < 1.29 is 36.2 Å². The van der Waals surface area contributed by atoms with Crippen LogP contribution < -0.4 is 17.3 Å². The highest BCUT2D eigenvalue weighted by Crippen LogP contribution is 2.36. The smallest absolute Gasteiger partial charge is 0.367 e. The summed E-state index contributed by atoms with van der Waals surface area (Å²) in [6, 6.07) is 6.00. The molecule has 0 atom stereocenters. The van der Waals surface area contributed by atoms with Gasteiger partial charge in [-0.25, -0.2) is 4.79 Å². The van der Waals surface area contributed by atoms with E-state index in [0.717, 1.165) is 29.9 Å². The van der Waals surface area contributed by atoms with E-state index in [1.807, 2.05) is 24.0 Å². The van der Waals surface area contributed by atoms with Gasteiger partial charge in [-0.3, -0.25) is 14.5 Å². The van der Waals surface area contributed by atoms with Crippen LogP contribution in [0.4, 0.5) is 5.69 Å². The van der Waals surface area contributed by atoms with Crippen molar-refractivity contribution in [3.63, 3.8) is 0 Å². The van der Waals surface area contributed by atoms with Gasteiger partial charge in [-0.1, -0.05) is 17.2 Å². The van der Waals surface area contributed by atoms with Gasteiger partial charge in [0.25, 0.3) is 11.8 Å². The zero-order valence-corrected chi connectivity index (χ0v) is 17.4. The molecule has 9 heteroatoms. The molecule has 0 unspecified atom stereocenters. The molecule has 29 heavy (non-hydrogen) atoms. The van der Waals surface area contributed by atoms with Crippen LogP contribution in [-0.4, -0.2) is 53.0 Å². The van der Waals surface area contributed by atoms with Crippen LogP contribution >= 0.6 is 0 Å². The highest BCUT2D eigenvalue weighted by molar-refractivity contribution is 6.30. The molecular weight excluding hydrogens is 396 g/mol. The predicted octanol–water partition coefficient (Wildman–Crippen LogP) is -1.05. The fraction of sp³-hybridized carbons (Fsp3) is 0.400. The molecule has 0 spiro atoms. The predicted molar refractivity (Wildman–Crippen MR) is 102 cm³/mol. The molecule has 1 saturated heterocycles. The van der Waals surface area contributed by atoms with Gasteiger partial charge in [0, 0.05) is 12.8 Å². The first-order valence-electron chi connectivity index (χ1n) is 9.52. The Hall–Kier alpha value is -2.71. The molecule has 0 bridgehead atoms. The zero-order chi connectivity index (χ0) is 20.1. The van der Waals surface area contributed by atoms with E-state index < -0.39 is 17.8 Å². The lowest BCUT2D eigenvalue weighted by Gasteiger charge is -2.29. The number of amides is 2. The van der Waals surface area contributed by atoms with Crippen molar-refractivity contribution in [2.24, 2.45) is 5.10 Å². The van der Waals surface area contributed by atoms with Crippen LogP contribution in [0.2, 0.25) is 0 Å². The number of anilines is 1. The summed E-state index contributed by atoms with van der Waals surface area (Å²) in [4.78, 5) is 43.8. The Labute approximate surface area is 175 Å². The summed E-state index contributed by atoms with van der Waals surface area (Å²) in [5, 5.41) is 5.42. The van der Waals surface area contributed by atoms with Crippen molar-refractivity contribution in [3.05, 3.63) is 34.9 Å². The number of fused-ring (bicyclic) bond motifs is 3. The lowest BCUT2D eigenvalue weighted by atomic mass is 10.0. The van der Waals surface area contributed by atoms with Crippen molar-refractivity contribution in [2.45, 2.75) is 33.6 Å². The first-order chi connectivity index (χ1) is 13.4. The number of hydrogen-bond donors (Lipinski definition) is 0. The molecule has 3 heterocycles. The quantitative estimate of drug-likeness (QED) is 0.460. The molecule has 3 aliphatic rings. The van der Waals surface area contributed by atoms with Gasteiger partial charge in [0.1, 0.15) is 18.7 Å². The summed E-state index contributed by atoms with van der Waals surface area (Å²) in [7, 11) is 0. The van der Waals surface area contributed by atoms with E-state index in [2.05, 4.69) is 19.9 Å². The number of hydroxylamine groups is 2. The first-order valence-corrected chi connectivity index (χ1v) is 9.52. The molecule has 3 aliphatic heterocycles. The minimum absolute atomic E-state index is 0. The number of carbonyl (C=O) groups excluding carboxylic acids is 3. The summed E-state index contributed by atoms with van der Waals surface area (Å²) in [6.07, 6.45) is 1.85. The summed E-state index contributed by atoms with van der Waals surface area (Å²) in [6.45, 7) is 8.32. The molecule has 0 radical (unpaired) electrons. The number of hydrogen-bond acceptors (Lipinski definition) is 6.